The largest absolute Gasteiger partial charge is 0.105 e. The first kappa shape index (κ1) is 7.09. The second kappa shape index (κ2) is 1.93. The van der Waals surface area contributed by atoms with Gasteiger partial charge in [-0.2, -0.15) is 0 Å². The molecule has 12 heavy (non-hydrogen) atoms. The van der Waals surface area contributed by atoms with Crippen molar-refractivity contribution in [2.75, 3.05) is 0 Å². The minimum absolute atomic E-state index is 0.550. The molecule has 0 radical (unpaired) electrons. The molecule has 0 nitrogen and oxygen atoms in total. The van der Waals surface area contributed by atoms with Gasteiger partial charge in [0.05, 0.1) is 0 Å². The summed E-state index contributed by atoms with van der Waals surface area (Å²) in [4.78, 5) is 0. The van der Waals surface area contributed by atoms with E-state index in [-0.39, 0.29) is 0 Å². The molecule has 0 aromatic carbocycles. The van der Waals surface area contributed by atoms with Crippen molar-refractivity contribution in [3.63, 3.8) is 0 Å². The molecule has 0 bridgehead atoms. The molecule has 0 saturated carbocycles. The third-order valence-corrected chi connectivity index (χ3v) is 4.00. The maximum Gasteiger partial charge on any atom is -0.00229 e. The third kappa shape index (κ3) is 0.638. The van der Waals surface area contributed by atoms with Crippen LogP contribution in [0.3, 0.4) is 0 Å². The average Bonchev–Trinajstić information content (AvgIpc) is 2.25. The van der Waals surface area contributed by atoms with Crippen LogP contribution >= 0.6 is 9.24 Å². The summed E-state index contributed by atoms with van der Waals surface area (Å²) in [6, 6.07) is 0. The van der Waals surface area contributed by atoms with Crippen molar-refractivity contribution in [3.05, 3.63) is 34.2 Å². The van der Waals surface area contributed by atoms with Crippen molar-refractivity contribution in [1.29, 1.82) is 0 Å². The first-order valence-corrected chi connectivity index (χ1v) is 5.20. The Morgan fingerprint density at radius 1 is 1.50 bits per heavy atom. The van der Waals surface area contributed by atoms with Crippen LogP contribution in [0.25, 0.3) is 0 Å². The number of hydrogen-bond acceptors (Lipinski definition) is 0. The molecule has 0 aromatic heterocycles. The molecule has 1 heteroatoms. The molecular formula is C11H13P. The summed E-state index contributed by atoms with van der Waals surface area (Å²) in [6.45, 7) is 2.41. The first-order chi connectivity index (χ1) is 5.71. The summed E-state index contributed by atoms with van der Waals surface area (Å²) in [6.07, 6.45) is 8.68. The topological polar surface area (TPSA) is 0 Å². The van der Waals surface area contributed by atoms with Crippen molar-refractivity contribution in [2.45, 2.75) is 26.2 Å². The second-order valence-electron chi connectivity index (χ2n) is 4.39. The molecule has 0 fully saturated rings. The van der Waals surface area contributed by atoms with E-state index in [0.717, 1.165) is 0 Å². The fourth-order valence-corrected chi connectivity index (χ4v) is 3.27. The highest BCUT2D eigenvalue weighted by atomic mass is 31.0. The molecule has 0 spiro atoms. The van der Waals surface area contributed by atoms with Crippen molar-refractivity contribution in [3.8, 4) is 0 Å². The molecule has 62 valence electrons. The number of rotatable bonds is 0. The van der Waals surface area contributed by atoms with E-state index in [0.29, 0.717) is 5.41 Å². The predicted octanol–water partition coefficient (Wildman–Crippen LogP) is 3.19. The lowest BCUT2D eigenvalue weighted by molar-refractivity contribution is 0.318. The van der Waals surface area contributed by atoms with Gasteiger partial charge in [-0.25, -0.2) is 0 Å². The Hall–Kier alpha value is -0.350. The fourth-order valence-electron chi connectivity index (χ4n) is 2.84. The van der Waals surface area contributed by atoms with Crippen LogP contribution in [0.2, 0.25) is 0 Å². The lowest BCUT2D eigenvalue weighted by Gasteiger charge is -2.44. The van der Waals surface area contributed by atoms with E-state index in [1.165, 1.54) is 30.1 Å². The molecule has 0 aromatic rings. The molecular weight excluding hydrogens is 163 g/mol. The highest BCUT2D eigenvalue weighted by Gasteiger charge is 2.45. The highest BCUT2D eigenvalue weighted by Crippen LogP contribution is 2.61. The van der Waals surface area contributed by atoms with Crippen LogP contribution in [-0.4, -0.2) is 0 Å². The van der Waals surface area contributed by atoms with Gasteiger partial charge in [0.1, 0.15) is 0 Å². The smallest absolute Gasteiger partial charge is 0.00229 e. The van der Waals surface area contributed by atoms with Crippen LogP contribution in [0.4, 0.5) is 0 Å². The minimum Gasteiger partial charge on any atom is -0.105 e. The fraction of sp³-hybridized carbons (Fsp3) is 0.455. The minimum atomic E-state index is 0.550. The maximum absolute atomic E-state index is 2.86. The highest BCUT2D eigenvalue weighted by molar-refractivity contribution is 7.23. The van der Waals surface area contributed by atoms with Gasteiger partial charge in [0.25, 0.3) is 0 Å². The van der Waals surface area contributed by atoms with Gasteiger partial charge in [0.2, 0.25) is 0 Å². The molecule has 0 amide bonds. The summed E-state index contributed by atoms with van der Waals surface area (Å²) in [5, 5.41) is 1.44. The summed E-state index contributed by atoms with van der Waals surface area (Å²) in [5.74, 6) is 0. The summed E-state index contributed by atoms with van der Waals surface area (Å²) < 4.78 is 0. The van der Waals surface area contributed by atoms with E-state index in [1.54, 1.807) is 11.1 Å². The van der Waals surface area contributed by atoms with Crippen LogP contribution in [0, 0.1) is 5.41 Å². The molecule has 0 N–H and O–H groups in total. The molecule has 3 aliphatic carbocycles. The summed E-state index contributed by atoms with van der Waals surface area (Å²) in [7, 11) is 2.86. The Balaban J connectivity index is 2.23. The molecule has 3 rings (SSSR count). The Bertz CT molecular complexity index is 357. The van der Waals surface area contributed by atoms with Crippen LogP contribution in [0.1, 0.15) is 26.2 Å². The van der Waals surface area contributed by atoms with Crippen LogP contribution in [-0.2, 0) is 0 Å². The quantitative estimate of drug-likeness (QED) is 0.497. The molecule has 0 heterocycles. The van der Waals surface area contributed by atoms with Crippen LogP contribution in [0.5, 0.6) is 0 Å². The van der Waals surface area contributed by atoms with Crippen molar-refractivity contribution in [2.24, 2.45) is 5.41 Å². The van der Waals surface area contributed by atoms with Crippen LogP contribution < -0.4 is 0 Å². The Labute approximate surface area is 75.6 Å². The number of allylic oxidation sites excluding steroid dienone is 6. The Kier molecular flexibility index (Phi) is 1.14. The van der Waals surface area contributed by atoms with Crippen molar-refractivity contribution < 1.29 is 0 Å². The van der Waals surface area contributed by atoms with Crippen molar-refractivity contribution >= 4 is 9.24 Å². The summed E-state index contributed by atoms with van der Waals surface area (Å²) in [5.41, 5.74) is 5.36. The van der Waals surface area contributed by atoms with E-state index in [2.05, 4.69) is 28.3 Å². The third-order valence-electron chi connectivity index (χ3n) is 3.48. The lowest BCUT2D eigenvalue weighted by Crippen LogP contribution is -2.31. The van der Waals surface area contributed by atoms with E-state index in [4.69, 9.17) is 0 Å². The zero-order valence-electron chi connectivity index (χ0n) is 7.35. The zero-order chi connectivity index (χ0) is 8.34. The monoisotopic (exact) mass is 176 g/mol. The van der Waals surface area contributed by atoms with Gasteiger partial charge in [-0.3, -0.25) is 0 Å². The second-order valence-corrected chi connectivity index (χ2v) is 5.01. The van der Waals surface area contributed by atoms with Gasteiger partial charge in [-0.15, -0.1) is 9.24 Å². The van der Waals surface area contributed by atoms with Gasteiger partial charge in [-0.05, 0) is 52.8 Å². The Morgan fingerprint density at radius 2 is 2.33 bits per heavy atom. The summed E-state index contributed by atoms with van der Waals surface area (Å²) >= 11 is 0. The molecule has 2 atom stereocenters. The van der Waals surface area contributed by atoms with Gasteiger partial charge in [-0.1, -0.05) is 13.0 Å². The lowest BCUT2D eigenvalue weighted by atomic mass is 9.60. The maximum atomic E-state index is 2.86. The molecule has 0 aliphatic heterocycles. The normalized spacial score (nSPS) is 37.2. The standard InChI is InChI=1S/C11H13P/c1-11-4-2-3-7-5-9(12)8(6-11)10(7)11/h3,5H,2,4,6,12H2,1H3/t11-/m1/s1. The molecule has 3 aliphatic rings. The molecule has 0 saturated heterocycles. The predicted molar refractivity (Wildman–Crippen MR) is 54.9 cm³/mol. The van der Waals surface area contributed by atoms with E-state index in [1.807, 2.05) is 0 Å². The van der Waals surface area contributed by atoms with Crippen molar-refractivity contribution in [1.82, 2.24) is 0 Å². The number of hydrogen-bond donors (Lipinski definition) is 0. The first-order valence-electron chi connectivity index (χ1n) is 4.62. The van der Waals surface area contributed by atoms with Gasteiger partial charge in [0, 0.05) is 0 Å². The SMILES string of the molecule is C[C@]12CCC=C3C=C(P)C(=C31)C2. The van der Waals surface area contributed by atoms with E-state index >= 15 is 0 Å². The van der Waals surface area contributed by atoms with Gasteiger partial charge < -0.3 is 0 Å². The van der Waals surface area contributed by atoms with Gasteiger partial charge >= 0.3 is 0 Å². The van der Waals surface area contributed by atoms with E-state index in [9.17, 15) is 0 Å². The molecule has 1 unspecified atom stereocenters. The van der Waals surface area contributed by atoms with E-state index < -0.39 is 0 Å². The zero-order valence-corrected chi connectivity index (χ0v) is 8.51. The Morgan fingerprint density at radius 3 is 3.08 bits per heavy atom. The average molecular weight is 176 g/mol. The van der Waals surface area contributed by atoms with Gasteiger partial charge in [0.15, 0.2) is 0 Å². The van der Waals surface area contributed by atoms with Crippen LogP contribution in [0.15, 0.2) is 34.2 Å².